The molecule has 128 valence electrons. The van der Waals surface area contributed by atoms with E-state index in [1.54, 1.807) is 18.2 Å². The minimum Gasteiger partial charge on any atom is -0.325 e. The molecule has 1 heterocycles. The molecule has 0 aliphatic heterocycles. The molecule has 1 amide bonds. The van der Waals surface area contributed by atoms with Gasteiger partial charge in [-0.05, 0) is 53.3 Å². The molecule has 2 aromatic rings. The highest BCUT2D eigenvalue weighted by atomic mass is 127. The Labute approximate surface area is 153 Å². The van der Waals surface area contributed by atoms with Crippen LogP contribution < -0.4 is 10.9 Å². The Morgan fingerprint density at radius 1 is 1.33 bits per heavy atom. The fourth-order valence-corrected chi connectivity index (χ4v) is 2.64. The van der Waals surface area contributed by atoms with Crippen molar-refractivity contribution in [3.8, 4) is 0 Å². The van der Waals surface area contributed by atoms with Gasteiger partial charge in [-0.3, -0.25) is 9.59 Å². The number of hydrogen-bond donors (Lipinski definition) is 1. The lowest BCUT2D eigenvalue weighted by atomic mass is 10.2. The van der Waals surface area contributed by atoms with Crippen LogP contribution in [0.4, 0.5) is 18.9 Å². The number of nitrogens with one attached hydrogen (secondary N) is 1. The van der Waals surface area contributed by atoms with Crippen LogP contribution in [0.15, 0.2) is 35.3 Å². The number of aryl methyl sites for hydroxylation is 1. The Bertz CT molecular complexity index is 850. The third-order valence-electron chi connectivity index (χ3n) is 3.14. The molecule has 1 aromatic carbocycles. The van der Waals surface area contributed by atoms with Gasteiger partial charge >= 0.3 is 6.18 Å². The van der Waals surface area contributed by atoms with Gasteiger partial charge in [0.25, 0.3) is 5.56 Å². The van der Waals surface area contributed by atoms with Gasteiger partial charge in [-0.15, -0.1) is 0 Å². The van der Waals surface area contributed by atoms with Gasteiger partial charge in [0, 0.05) is 15.5 Å². The van der Waals surface area contributed by atoms with Crippen LogP contribution in [0.5, 0.6) is 0 Å². The number of anilines is 1. The Morgan fingerprint density at radius 2 is 2.00 bits per heavy atom. The molecule has 0 aliphatic rings. The van der Waals surface area contributed by atoms with Gasteiger partial charge in [0.05, 0.1) is 5.56 Å². The molecule has 4 nitrogen and oxygen atoms in total. The molecular weight excluding hydrogens is 460 g/mol. The van der Waals surface area contributed by atoms with Crippen molar-refractivity contribution in [1.29, 1.82) is 0 Å². The number of amides is 1. The number of hydrogen-bond acceptors (Lipinski definition) is 2. The maximum Gasteiger partial charge on any atom is 0.417 e. The van der Waals surface area contributed by atoms with E-state index in [4.69, 9.17) is 11.6 Å². The number of rotatable bonds is 3. The predicted octanol–water partition coefficient (Wildman–Crippen LogP) is 4.07. The highest BCUT2D eigenvalue weighted by molar-refractivity contribution is 14.1. The van der Waals surface area contributed by atoms with Gasteiger partial charge < -0.3 is 9.88 Å². The van der Waals surface area contributed by atoms with Crippen LogP contribution in [0.1, 0.15) is 11.1 Å². The van der Waals surface area contributed by atoms with Crippen molar-refractivity contribution in [3.05, 3.63) is 60.5 Å². The van der Waals surface area contributed by atoms with Gasteiger partial charge in [0.1, 0.15) is 11.6 Å². The normalized spacial score (nSPS) is 11.4. The van der Waals surface area contributed by atoms with Crippen molar-refractivity contribution < 1.29 is 18.0 Å². The van der Waals surface area contributed by atoms with Crippen molar-refractivity contribution in [1.82, 2.24) is 4.57 Å². The predicted molar refractivity (Wildman–Crippen MR) is 93.2 cm³/mol. The molecule has 0 aliphatic carbocycles. The number of benzene rings is 1. The van der Waals surface area contributed by atoms with E-state index >= 15 is 0 Å². The zero-order valence-electron chi connectivity index (χ0n) is 12.2. The molecule has 0 spiro atoms. The molecule has 2 rings (SSSR count). The first kappa shape index (κ1) is 18.8. The molecule has 0 saturated heterocycles. The minimum atomic E-state index is -4.66. The monoisotopic (exact) mass is 470 g/mol. The molecule has 0 atom stereocenters. The van der Waals surface area contributed by atoms with E-state index in [0.717, 1.165) is 9.13 Å². The Kier molecular flexibility index (Phi) is 5.59. The zero-order valence-corrected chi connectivity index (χ0v) is 15.2. The van der Waals surface area contributed by atoms with Crippen LogP contribution in [-0.4, -0.2) is 10.5 Å². The van der Waals surface area contributed by atoms with Gasteiger partial charge in [-0.25, -0.2) is 0 Å². The third-order valence-corrected chi connectivity index (χ3v) is 4.57. The van der Waals surface area contributed by atoms with E-state index in [-0.39, 0.29) is 0 Å². The number of alkyl halides is 3. The zero-order chi connectivity index (χ0) is 18.1. The number of halogens is 5. The molecule has 1 N–H and O–H groups in total. The van der Waals surface area contributed by atoms with Crippen LogP contribution in [0.25, 0.3) is 0 Å². The summed E-state index contributed by atoms with van der Waals surface area (Å²) in [6.45, 7) is 1.32. The highest BCUT2D eigenvalue weighted by Crippen LogP contribution is 2.29. The summed E-state index contributed by atoms with van der Waals surface area (Å²) in [5.41, 5.74) is -0.446. The summed E-state index contributed by atoms with van der Waals surface area (Å²) in [5, 5.41) is 1.94. The average Bonchev–Trinajstić information content (AvgIpc) is 2.46. The van der Waals surface area contributed by atoms with E-state index < -0.39 is 34.8 Å². The average molecular weight is 471 g/mol. The molecule has 0 saturated carbocycles. The first-order chi connectivity index (χ1) is 11.1. The van der Waals surface area contributed by atoms with Crippen LogP contribution in [0, 0.1) is 10.5 Å². The smallest absolute Gasteiger partial charge is 0.325 e. The van der Waals surface area contributed by atoms with E-state index in [1.807, 2.05) is 6.92 Å². The molecule has 0 radical (unpaired) electrons. The third kappa shape index (κ3) is 4.50. The summed E-state index contributed by atoms with van der Waals surface area (Å²) in [6.07, 6.45) is -4.09. The lowest BCUT2D eigenvalue weighted by Gasteiger charge is -2.12. The number of aromatic nitrogens is 1. The number of nitrogens with zero attached hydrogens (tertiary/aromatic N) is 1. The van der Waals surface area contributed by atoms with Crippen LogP contribution in [0.3, 0.4) is 0 Å². The first-order valence-electron chi connectivity index (χ1n) is 6.61. The van der Waals surface area contributed by atoms with E-state index in [9.17, 15) is 22.8 Å². The summed E-state index contributed by atoms with van der Waals surface area (Å²) in [6, 6.07) is 5.72. The Balaban J connectivity index is 2.24. The van der Waals surface area contributed by atoms with E-state index in [1.165, 1.54) is 0 Å². The lowest BCUT2D eigenvalue weighted by molar-refractivity contribution is -0.138. The summed E-state index contributed by atoms with van der Waals surface area (Å²) >= 11 is 7.63. The minimum absolute atomic E-state index is 0.487. The van der Waals surface area contributed by atoms with Crippen molar-refractivity contribution >= 4 is 45.8 Å². The van der Waals surface area contributed by atoms with E-state index in [0.29, 0.717) is 22.5 Å². The summed E-state index contributed by atoms with van der Waals surface area (Å²) in [7, 11) is 0. The van der Waals surface area contributed by atoms with Gasteiger partial charge in [-0.1, -0.05) is 17.7 Å². The molecular formula is C15H11ClF3IN2O2. The topological polar surface area (TPSA) is 51.1 Å². The Hall–Kier alpha value is -1.55. The molecule has 0 bridgehead atoms. The van der Waals surface area contributed by atoms with Crippen molar-refractivity contribution in [2.75, 3.05) is 5.32 Å². The second-order valence-corrected chi connectivity index (χ2v) is 6.59. The van der Waals surface area contributed by atoms with Crippen molar-refractivity contribution in [3.63, 3.8) is 0 Å². The highest BCUT2D eigenvalue weighted by Gasteiger charge is 2.32. The van der Waals surface area contributed by atoms with Crippen molar-refractivity contribution in [2.24, 2.45) is 0 Å². The molecule has 0 fully saturated rings. The maximum absolute atomic E-state index is 12.8. The first-order valence-corrected chi connectivity index (χ1v) is 8.07. The molecule has 9 heteroatoms. The number of carbonyl (C=O) groups is 1. The maximum atomic E-state index is 12.8. The molecule has 24 heavy (non-hydrogen) atoms. The summed E-state index contributed by atoms with van der Waals surface area (Å²) in [4.78, 5) is 23.8. The van der Waals surface area contributed by atoms with Crippen LogP contribution in [-0.2, 0) is 17.5 Å². The summed E-state index contributed by atoms with van der Waals surface area (Å²) < 4.78 is 39.9. The summed E-state index contributed by atoms with van der Waals surface area (Å²) in [5.74, 6) is -0.632. The van der Waals surface area contributed by atoms with Crippen LogP contribution in [0.2, 0.25) is 5.02 Å². The van der Waals surface area contributed by atoms with Crippen LogP contribution >= 0.6 is 34.2 Å². The quantitative estimate of drug-likeness (QED) is 0.688. The van der Waals surface area contributed by atoms with Crippen molar-refractivity contribution in [2.45, 2.75) is 19.6 Å². The second-order valence-electron chi connectivity index (χ2n) is 5.02. The fraction of sp³-hybridized carbons (Fsp3) is 0.200. The molecule has 1 aromatic heterocycles. The van der Waals surface area contributed by atoms with Gasteiger partial charge in [-0.2, -0.15) is 13.2 Å². The van der Waals surface area contributed by atoms with Gasteiger partial charge in [0.15, 0.2) is 0 Å². The SMILES string of the molecule is Cc1ccc(NC(=O)Cn2cc(C(F)(F)F)cc(Cl)c2=O)cc1I. The number of pyridine rings is 1. The van der Waals surface area contributed by atoms with Gasteiger partial charge in [0.2, 0.25) is 5.91 Å². The lowest BCUT2D eigenvalue weighted by Crippen LogP contribution is -2.29. The standard InChI is InChI=1S/C15H11ClF3IN2O2/c1-8-2-3-10(5-12(8)20)21-13(23)7-22-6-9(15(17,18)19)4-11(16)14(22)24/h2-6H,7H2,1H3,(H,21,23). The number of carbonyl (C=O) groups excluding carboxylic acids is 1. The molecule has 0 unspecified atom stereocenters. The van der Waals surface area contributed by atoms with E-state index in [2.05, 4.69) is 27.9 Å². The second kappa shape index (κ2) is 7.14. The largest absolute Gasteiger partial charge is 0.417 e. The Morgan fingerprint density at radius 3 is 2.58 bits per heavy atom. The fourth-order valence-electron chi connectivity index (χ4n) is 1.90.